The summed E-state index contributed by atoms with van der Waals surface area (Å²) < 4.78 is 12.9. The molecule has 0 aliphatic carbocycles. The molecular weight excluding hydrogens is 460 g/mol. The fourth-order valence-electron chi connectivity index (χ4n) is 2.99. The van der Waals surface area contributed by atoms with Gasteiger partial charge in [0, 0.05) is 19.3 Å². The Labute approximate surface area is 178 Å². The molecule has 8 heteroatoms. The SMILES string of the molecule is CN=C(NCCCN1CCCCCC1)NCC(=O)Nc1ccc(F)cc1.I. The van der Waals surface area contributed by atoms with E-state index in [2.05, 4.69) is 25.8 Å². The van der Waals surface area contributed by atoms with Gasteiger partial charge in [0.1, 0.15) is 5.82 Å². The van der Waals surface area contributed by atoms with E-state index in [1.807, 2.05) is 0 Å². The van der Waals surface area contributed by atoms with Crippen LogP contribution in [-0.2, 0) is 4.79 Å². The summed E-state index contributed by atoms with van der Waals surface area (Å²) >= 11 is 0. The van der Waals surface area contributed by atoms with E-state index in [0.29, 0.717) is 11.6 Å². The first-order valence-corrected chi connectivity index (χ1v) is 9.39. The van der Waals surface area contributed by atoms with Gasteiger partial charge in [-0.25, -0.2) is 4.39 Å². The molecule has 0 aromatic heterocycles. The number of guanidine groups is 1. The topological polar surface area (TPSA) is 68.8 Å². The molecule has 1 heterocycles. The summed E-state index contributed by atoms with van der Waals surface area (Å²) in [5, 5.41) is 8.93. The Morgan fingerprint density at radius 2 is 1.78 bits per heavy atom. The lowest BCUT2D eigenvalue weighted by Gasteiger charge is -2.20. The van der Waals surface area contributed by atoms with E-state index >= 15 is 0 Å². The molecule has 3 N–H and O–H groups in total. The van der Waals surface area contributed by atoms with Crippen LogP contribution in [0.25, 0.3) is 0 Å². The van der Waals surface area contributed by atoms with Crippen LogP contribution in [0.2, 0.25) is 0 Å². The standard InChI is InChI=1S/C19H30FN5O.HI/c1-21-19(22-11-6-14-25-12-4-2-3-5-13-25)23-15-18(26)24-17-9-7-16(20)8-10-17;/h7-10H,2-6,11-15H2,1H3,(H,24,26)(H2,21,22,23);1H. The summed E-state index contributed by atoms with van der Waals surface area (Å²) in [6.45, 7) is 4.42. The van der Waals surface area contributed by atoms with Crippen LogP contribution in [0, 0.1) is 5.82 Å². The molecule has 2 rings (SSSR count). The van der Waals surface area contributed by atoms with Crippen LogP contribution in [0.5, 0.6) is 0 Å². The predicted molar refractivity (Wildman–Crippen MR) is 119 cm³/mol. The van der Waals surface area contributed by atoms with E-state index in [-0.39, 0.29) is 42.2 Å². The Morgan fingerprint density at radius 1 is 1.11 bits per heavy atom. The zero-order chi connectivity index (χ0) is 18.6. The fourth-order valence-corrected chi connectivity index (χ4v) is 2.99. The van der Waals surface area contributed by atoms with E-state index in [1.165, 1.54) is 63.0 Å². The number of hydrogen-bond acceptors (Lipinski definition) is 3. The molecule has 1 saturated heterocycles. The minimum atomic E-state index is -0.328. The fraction of sp³-hybridized carbons (Fsp3) is 0.579. The average molecular weight is 491 g/mol. The van der Waals surface area contributed by atoms with Crippen LogP contribution in [0.3, 0.4) is 0 Å². The highest BCUT2D eigenvalue weighted by molar-refractivity contribution is 14.0. The average Bonchev–Trinajstić information content (AvgIpc) is 2.92. The third-order valence-electron chi connectivity index (χ3n) is 4.41. The number of amides is 1. The lowest BCUT2D eigenvalue weighted by Crippen LogP contribution is -2.42. The number of carbonyl (C=O) groups excluding carboxylic acids is 1. The van der Waals surface area contributed by atoms with Crippen molar-refractivity contribution in [3.63, 3.8) is 0 Å². The molecule has 1 aromatic carbocycles. The molecule has 27 heavy (non-hydrogen) atoms. The zero-order valence-corrected chi connectivity index (χ0v) is 18.3. The van der Waals surface area contributed by atoms with Gasteiger partial charge in [0.25, 0.3) is 0 Å². The molecule has 152 valence electrons. The van der Waals surface area contributed by atoms with E-state index in [1.54, 1.807) is 7.05 Å². The number of aliphatic imine (C=N–C) groups is 1. The van der Waals surface area contributed by atoms with Gasteiger partial charge in [-0.3, -0.25) is 9.79 Å². The highest BCUT2D eigenvalue weighted by Crippen LogP contribution is 2.09. The van der Waals surface area contributed by atoms with Crippen molar-refractivity contribution in [2.24, 2.45) is 4.99 Å². The van der Waals surface area contributed by atoms with Crippen LogP contribution in [0.4, 0.5) is 10.1 Å². The minimum absolute atomic E-state index is 0. The predicted octanol–water partition coefficient (Wildman–Crippen LogP) is 2.81. The van der Waals surface area contributed by atoms with Crippen LogP contribution >= 0.6 is 24.0 Å². The third kappa shape index (κ3) is 9.90. The summed E-state index contributed by atoms with van der Waals surface area (Å²) in [5.74, 6) is 0.0742. The Bertz CT molecular complexity index is 574. The second kappa shape index (κ2) is 13.7. The number of likely N-dealkylation sites (tertiary alicyclic amines) is 1. The Balaban J connectivity index is 0.00000364. The summed E-state index contributed by atoms with van der Waals surface area (Å²) in [7, 11) is 1.68. The molecule has 1 aliphatic heterocycles. The van der Waals surface area contributed by atoms with Gasteiger partial charge in [0.2, 0.25) is 5.91 Å². The van der Waals surface area contributed by atoms with E-state index in [0.717, 1.165) is 19.5 Å². The lowest BCUT2D eigenvalue weighted by atomic mass is 10.2. The molecule has 0 unspecified atom stereocenters. The van der Waals surface area contributed by atoms with Crippen molar-refractivity contribution in [1.29, 1.82) is 0 Å². The van der Waals surface area contributed by atoms with E-state index < -0.39 is 0 Å². The van der Waals surface area contributed by atoms with Crippen molar-refractivity contribution >= 4 is 41.5 Å². The number of benzene rings is 1. The van der Waals surface area contributed by atoms with Crippen LogP contribution < -0.4 is 16.0 Å². The Morgan fingerprint density at radius 3 is 2.41 bits per heavy atom. The summed E-state index contributed by atoms with van der Waals surface area (Å²) in [6, 6.07) is 5.69. The van der Waals surface area contributed by atoms with Gasteiger partial charge in [-0.05, 0) is 63.2 Å². The molecule has 0 spiro atoms. The van der Waals surface area contributed by atoms with Crippen molar-refractivity contribution in [1.82, 2.24) is 15.5 Å². The van der Waals surface area contributed by atoms with Gasteiger partial charge in [-0.2, -0.15) is 0 Å². The highest BCUT2D eigenvalue weighted by atomic mass is 127. The first kappa shape index (κ1) is 23.6. The number of rotatable bonds is 7. The molecular formula is C19H31FIN5O. The molecule has 0 bridgehead atoms. The smallest absolute Gasteiger partial charge is 0.243 e. The Hall–Kier alpha value is -1.42. The number of carbonyl (C=O) groups is 1. The molecule has 1 fully saturated rings. The third-order valence-corrected chi connectivity index (χ3v) is 4.41. The summed E-state index contributed by atoms with van der Waals surface area (Å²) in [5.41, 5.74) is 0.568. The van der Waals surface area contributed by atoms with Gasteiger partial charge in [-0.15, -0.1) is 24.0 Å². The first-order valence-electron chi connectivity index (χ1n) is 9.39. The lowest BCUT2D eigenvalue weighted by molar-refractivity contribution is -0.115. The van der Waals surface area contributed by atoms with Gasteiger partial charge < -0.3 is 20.9 Å². The number of anilines is 1. The molecule has 0 atom stereocenters. The normalized spacial score (nSPS) is 15.4. The van der Waals surface area contributed by atoms with Crippen LogP contribution in [-0.4, -0.2) is 56.5 Å². The van der Waals surface area contributed by atoms with E-state index in [9.17, 15) is 9.18 Å². The first-order chi connectivity index (χ1) is 12.7. The van der Waals surface area contributed by atoms with Crippen LogP contribution in [0.15, 0.2) is 29.3 Å². The maximum absolute atomic E-state index is 12.9. The zero-order valence-electron chi connectivity index (χ0n) is 16.0. The minimum Gasteiger partial charge on any atom is -0.356 e. The quantitative estimate of drug-likeness (QED) is 0.238. The highest BCUT2D eigenvalue weighted by Gasteiger charge is 2.08. The molecule has 1 aromatic rings. The Kier molecular flexibility index (Phi) is 12.0. The van der Waals surface area contributed by atoms with Gasteiger partial charge in [-0.1, -0.05) is 12.8 Å². The second-order valence-electron chi connectivity index (χ2n) is 6.52. The largest absolute Gasteiger partial charge is 0.356 e. The van der Waals surface area contributed by atoms with Crippen LogP contribution in [0.1, 0.15) is 32.1 Å². The van der Waals surface area contributed by atoms with Crippen molar-refractivity contribution in [2.75, 3.05) is 45.1 Å². The molecule has 1 aliphatic rings. The maximum atomic E-state index is 12.9. The second-order valence-corrected chi connectivity index (χ2v) is 6.52. The van der Waals surface area contributed by atoms with Crippen molar-refractivity contribution in [3.05, 3.63) is 30.1 Å². The van der Waals surface area contributed by atoms with Crippen molar-refractivity contribution < 1.29 is 9.18 Å². The molecule has 6 nitrogen and oxygen atoms in total. The van der Waals surface area contributed by atoms with Gasteiger partial charge in [0.15, 0.2) is 5.96 Å². The number of hydrogen-bond donors (Lipinski definition) is 3. The maximum Gasteiger partial charge on any atom is 0.243 e. The molecule has 1 amide bonds. The van der Waals surface area contributed by atoms with Crippen molar-refractivity contribution in [2.45, 2.75) is 32.1 Å². The summed E-state index contributed by atoms with van der Waals surface area (Å²) in [4.78, 5) is 18.6. The van der Waals surface area contributed by atoms with Crippen molar-refractivity contribution in [3.8, 4) is 0 Å². The van der Waals surface area contributed by atoms with Gasteiger partial charge >= 0.3 is 0 Å². The van der Waals surface area contributed by atoms with E-state index in [4.69, 9.17) is 0 Å². The monoisotopic (exact) mass is 491 g/mol. The number of nitrogens with zero attached hydrogens (tertiary/aromatic N) is 2. The number of halogens is 2. The number of nitrogens with one attached hydrogen (secondary N) is 3. The molecule has 0 saturated carbocycles. The molecule has 0 radical (unpaired) electrons. The summed E-state index contributed by atoms with van der Waals surface area (Å²) in [6.07, 6.45) is 6.36. The van der Waals surface area contributed by atoms with Gasteiger partial charge in [0.05, 0.1) is 6.54 Å².